The molecule has 0 amide bonds. The Bertz CT molecular complexity index is 500. The van der Waals surface area contributed by atoms with Crippen LogP contribution in [0, 0.1) is 10.8 Å². The van der Waals surface area contributed by atoms with Gasteiger partial charge in [0, 0.05) is 11.5 Å². The van der Waals surface area contributed by atoms with Crippen LogP contribution in [0.25, 0.3) is 0 Å². The summed E-state index contributed by atoms with van der Waals surface area (Å²) in [6.07, 6.45) is 29.3. The smallest absolute Gasteiger partial charge is 0.113 e. The van der Waals surface area contributed by atoms with Crippen molar-refractivity contribution in [3.8, 4) is 0 Å². The van der Waals surface area contributed by atoms with Gasteiger partial charge in [-0.25, -0.2) is 0 Å². The Morgan fingerprint density at radius 1 is 0.694 bits per heavy atom. The first-order chi connectivity index (χ1) is 17.3. The van der Waals surface area contributed by atoms with Crippen LogP contribution in [0.2, 0.25) is 0 Å². The lowest BCUT2D eigenvalue weighted by molar-refractivity contribution is -0.110. The molecule has 0 spiro atoms. The molecule has 2 fully saturated rings. The van der Waals surface area contributed by atoms with E-state index in [-0.39, 0.29) is 11.6 Å². The van der Waals surface area contributed by atoms with E-state index in [1.807, 2.05) is 0 Å². The van der Waals surface area contributed by atoms with Crippen molar-refractivity contribution < 1.29 is 4.74 Å². The normalized spacial score (nSPS) is 19.6. The van der Waals surface area contributed by atoms with Crippen LogP contribution in [0.5, 0.6) is 0 Å². The van der Waals surface area contributed by atoms with Gasteiger partial charge < -0.3 is 10.1 Å². The largest absolute Gasteiger partial charge is 0.360 e. The van der Waals surface area contributed by atoms with Crippen LogP contribution in [0.4, 0.5) is 0 Å². The molecule has 2 aliphatic rings. The standard InChI is InChI=1S/C33H66N2O/c1-6-7-8-9-10-11-12-13-14-18-24-32(2,3)25-19-26-33(4,5)31(35-29-22-27-34-28-23-29)36-30-20-16-15-17-21-30/h29-31,34-35H,6-28H2,1-5H3. The molecule has 0 radical (unpaired) electrons. The molecule has 1 aliphatic carbocycles. The predicted octanol–water partition coefficient (Wildman–Crippen LogP) is 9.54. The Hall–Kier alpha value is -0.120. The van der Waals surface area contributed by atoms with Gasteiger partial charge in [-0.1, -0.05) is 125 Å². The molecule has 1 saturated heterocycles. The molecule has 1 saturated carbocycles. The van der Waals surface area contributed by atoms with Crippen molar-refractivity contribution in [1.82, 2.24) is 10.6 Å². The highest BCUT2D eigenvalue weighted by Crippen LogP contribution is 2.36. The molecule has 1 unspecified atom stereocenters. The van der Waals surface area contributed by atoms with Crippen LogP contribution < -0.4 is 10.6 Å². The van der Waals surface area contributed by atoms with E-state index in [4.69, 9.17) is 4.74 Å². The fourth-order valence-corrected chi connectivity index (χ4v) is 6.42. The summed E-state index contributed by atoms with van der Waals surface area (Å²) in [7, 11) is 0. The van der Waals surface area contributed by atoms with Crippen LogP contribution in [-0.2, 0) is 4.74 Å². The molecule has 2 rings (SSSR count). The monoisotopic (exact) mass is 507 g/mol. The number of ether oxygens (including phenoxy) is 1. The number of hydrogen-bond donors (Lipinski definition) is 2. The number of piperidine rings is 1. The summed E-state index contributed by atoms with van der Waals surface area (Å²) >= 11 is 0. The van der Waals surface area contributed by atoms with E-state index in [0.717, 1.165) is 13.1 Å². The maximum Gasteiger partial charge on any atom is 0.113 e. The van der Waals surface area contributed by atoms with Gasteiger partial charge in [0.15, 0.2) is 0 Å². The molecular weight excluding hydrogens is 440 g/mol. The first-order valence-electron chi connectivity index (χ1n) is 16.4. The summed E-state index contributed by atoms with van der Waals surface area (Å²) in [6, 6.07) is 0.604. The quantitative estimate of drug-likeness (QED) is 0.127. The first-order valence-corrected chi connectivity index (χ1v) is 16.4. The van der Waals surface area contributed by atoms with Crippen molar-refractivity contribution in [1.29, 1.82) is 0 Å². The third kappa shape index (κ3) is 14.1. The van der Waals surface area contributed by atoms with E-state index in [0.29, 0.717) is 17.6 Å². The molecule has 36 heavy (non-hydrogen) atoms. The summed E-state index contributed by atoms with van der Waals surface area (Å²) in [5.41, 5.74) is 0.647. The molecule has 1 aliphatic heterocycles. The number of rotatable bonds is 20. The zero-order valence-electron chi connectivity index (χ0n) is 25.4. The lowest BCUT2D eigenvalue weighted by Gasteiger charge is -2.41. The average molecular weight is 507 g/mol. The minimum atomic E-state index is 0.176. The topological polar surface area (TPSA) is 33.3 Å². The van der Waals surface area contributed by atoms with Crippen LogP contribution >= 0.6 is 0 Å². The maximum absolute atomic E-state index is 6.85. The molecule has 0 aromatic rings. The second-order valence-electron chi connectivity index (χ2n) is 13.9. The highest BCUT2D eigenvalue weighted by molar-refractivity contribution is 4.85. The second kappa shape index (κ2) is 18.2. The van der Waals surface area contributed by atoms with E-state index in [9.17, 15) is 0 Å². The summed E-state index contributed by atoms with van der Waals surface area (Å²) in [4.78, 5) is 0. The first kappa shape index (κ1) is 32.1. The van der Waals surface area contributed by atoms with Gasteiger partial charge in [-0.05, 0) is 63.5 Å². The van der Waals surface area contributed by atoms with Gasteiger partial charge >= 0.3 is 0 Å². The molecule has 0 aromatic heterocycles. The van der Waals surface area contributed by atoms with Gasteiger partial charge in [0.1, 0.15) is 6.23 Å². The molecule has 2 N–H and O–H groups in total. The van der Waals surface area contributed by atoms with Gasteiger partial charge in [-0.2, -0.15) is 0 Å². The van der Waals surface area contributed by atoms with Gasteiger partial charge in [0.2, 0.25) is 0 Å². The van der Waals surface area contributed by atoms with Crippen LogP contribution in [-0.4, -0.2) is 31.5 Å². The maximum atomic E-state index is 6.85. The fraction of sp³-hybridized carbons (Fsp3) is 1.00. The molecule has 1 heterocycles. The predicted molar refractivity (Wildman–Crippen MR) is 159 cm³/mol. The number of nitrogens with one attached hydrogen (secondary N) is 2. The van der Waals surface area contributed by atoms with Crippen LogP contribution in [0.15, 0.2) is 0 Å². The SMILES string of the molecule is CCCCCCCCCCCCC(C)(C)CCCC(C)(C)C(NC1CCNCC1)OC1CCCCC1. The van der Waals surface area contributed by atoms with Gasteiger partial charge in [0.25, 0.3) is 0 Å². The van der Waals surface area contributed by atoms with E-state index < -0.39 is 0 Å². The fourth-order valence-electron chi connectivity index (χ4n) is 6.42. The third-order valence-corrected chi connectivity index (χ3v) is 9.20. The number of unbranched alkanes of at least 4 members (excludes halogenated alkanes) is 9. The Balaban J connectivity index is 1.68. The van der Waals surface area contributed by atoms with Crippen LogP contribution in [0.1, 0.15) is 169 Å². The molecule has 0 aromatic carbocycles. The molecule has 3 heteroatoms. The minimum Gasteiger partial charge on any atom is -0.360 e. The molecule has 1 atom stereocenters. The summed E-state index contributed by atoms with van der Waals surface area (Å²) < 4.78 is 6.85. The minimum absolute atomic E-state index is 0.176. The summed E-state index contributed by atoms with van der Waals surface area (Å²) in [5.74, 6) is 0. The summed E-state index contributed by atoms with van der Waals surface area (Å²) in [6.45, 7) is 14.5. The van der Waals surface area contributed by atoms with Crippen molar-refractivity contribution >= 4 is 0 Å². The van der Waals surface area contributed by atoms with Crippen molar-refractivity contribution in [3.63, 3.8) is 0 Å². The Labute approximate surface area is 227 Å². The van der Waals surface area contributed by atoms with E-state index >= 15 is 0 Å². The van der Waals surface area contributed by atoms with Crippen molar-refractivity contribution in [2.75, 3.05) is 13.1 Å². The average Bonchev–Trinajstić information content (AvgIpc) is 2.86. The molecule has 0 bridgehead atoms. The Morgan fingerprint density at radius 3 is 1.86 bits per heavy atom. The van der Waals surface area contributed by atoms with Crippen molar-refractivity contribution in [2.24, 2.45) is 10.8 Å². The summed E-state index contributed by atoms with van der Waals surface area (Å²) in [5, 5.41) is 7.52. The van der Waals surface area contributed by atoms with Gasteiger partial charge in [-0.15, -0.1) is 0 Å². The van der Waals surface area contributed by atoms with Crippen molar-refractivity contribution in [3.05, 3.63) is 0 Å². The zero-order valence-corrected chi connectivity index (χ0v) is 25.4. The number of hydrogen-bond acceptors (Lipinski definition) is 3. The van der Waals surface area contributed by atoms with Crippen molar-refractivity contribution in [2.45, 2.75) is 188 Å². The lowest BCUT2D eigenvalue weighted by atomic mass is 9.78. The van der Waals surface area contributed by atoms with Crippen LogP contribution in [0.3, 0.4) is 0 Å². The van der Waals surface area contributed by atoms with E-state index in [1.54, 1.807) is 0 Å². The van der Waals surface area contributed by atoms with Gasteiger partial charge in [-0.3, -0.25) is 5.32 Å². The third-order valence-electron chi connectivity index (χ3n) is 9.20. The highest BCUT2D eigenvalue weighted by atomic mass is 16.5. The molecule has 3 nitrogen and oxygen atoms in total. The zero-order chi connectivity index (χ0) is 26.1. The molecule has 214 valence electrons. The Kier molecular flexibility index (Phi) is 16.2. The Morgan fingerprint density at radius 2 is 1.25 bits per heavy atom. The molecular formula is C33H66N2O. The van der Waals surface area contributed by atoms with E-state index in [2.05, 4.69) is 45.3 Å². The van der Waals surface area contributed by atoms with E-state index in [1.165, 1.54) is 135 Å². The van der Waals surface area contributed by atoms with Gasteiger partial charge in [0.05, 0.1) is 6.10 Å². The lowest BCUT2D eigenvalue weighted by Crippen LogP contribution is -2.52. The highest BCUT2D eigenvalue weighted by Gasteiger charge is 2.35. The second-order valence-corrected chi connectivity index (χ2v) is 13.9.